The first-order chi connectivity index (χ1) is 4.63. The topological polar surface area (TPSA) is 42.5 Å². The van der Waals surface area contributed by atoms with Gasteiger partial charge in [-0.05, 0) is 27.7 Å². The van der Waals surface area contributed by atoms with E-state index in [-0.39, 0.29) is 12.1 Å². The van der Waals surface area contributed by atoms with Gasteiger partial charge in [0.25, 0.3) is 0 Å². The molecule has 0 amide bonds. The number of nitrogens with one attached hydrogen (secondary N) is 2. The van der Waals surface area contributed by atoms with Gasteiger partial charge in [-0.1, -0.05) is 0 Å². The molecular weight excluding hydrogens is 132 g/mol. The molecule has 0 spiro atoms. The van der Waals surface area contributed by atoms with Crippen LogP contribution in [0.3, 0.4) is 0 Å². The third-order valence-electron chi connectivity index (χ3n) is 0.609. The fourth-order valence-corrected chi connectivity index (χ4v) is 0.241. The highest BCUT2D eigenvalue weighted by atomic mass is 17.3. The van der Waals surface area contributed by atoms with Crippen LogP contribution in [-0.2, 0) is 9.98 Å². The van der Waals surface area contributed by atoms with Crippen molar-refractivity contribution in [3.63, 3.8) is 0 Å². The highest BCUT2D eigenvalue weighted by Gasteiger charge is 1.93. The van der Waals surface area contributed by atoms with Crippen LogP contribution in [0.1, 0.15) is 27.7 Å². The number of hydrogen-bond acceptors (Lipinski definition) is 4. The molecule has 0 aromatic carbocycles. The molecule has 0 aliphatic rings. The third kappa shape index (κ3) is 7.84. The Labute approximate surface area is 61.7 Å². The Morgan fingerprint density at radius 2 is 1.10 bits per heavy atom. The van der Waals surface area contributed by atoms with Crippen LogP contribution >= 0.6 is 0 Å². The van der Waals surface area contributed by atoms with E-state index >= 15 is 0 Å². The predicted octanol–water partition coefficient (Wildman–Crippen LogP) is 0.761. The second-order valence-electron chi connectivity index (χ2n) is 2.71. The molecule has 4 heteroatoms. The second-order valence-corrected chi connectivity index (χ2v) is 2.71. The first kappa shape index (κ1) is 9.84. The molecule has 0 saturated heterocycles. The van der Waals surface area contributed by atoms with Crippen molar-refractivity contribution < 1.29 is 9.98 Å². The van der Waals surface area contributed by atoms with Crippen LogP contribution in [-0.4, -0.2) is 12.1 Å². The lowest BCUT2D eigenvalue weighted by atomic mass is 10.4. The van der Waals surface area contributed by atoms with Crippen LogP contribution in [0.2, 0.25) is 0 Å². The second kappa shape index (κ2) is 5.61. The van der Waals surface area contributed by atoms with Gasteiger partial charge in [-0.2, -0.15) is 11.0 Å². The molecule has 0 aromatic heterocycles. The Balaban J connectivity index is 2.91. The standard InChI is InChI=1S/C6H16N2O2/c1-5(2)7-9-10-8-6(3)4/h5-8H,1-4H3. The molecule has 4 nitrogen and oxygen atoms in total. The van der Waals surface area contributed by atoms with Gasteiger partial charge in [0.2, 0.25) is 0 Å². The molecule has 0 aliphatic heterocycles. The van der Waals surface area contributed by atoms with Crippen LogP contribution < -0.4 is 11.0 Å². The Hall–Kier alpha value is -0.160. The van der Waals surface area contributed by atoms with E-state index < -0.39 is 0 Å². The molecule has 0 unspecified atom stereocenters. The highest BCUT2D eigenvalue weighted by Crippen LogP contribution is 1.79. The molecule has 0 heterocycles. The van der Waals surface area contributed by atoms with Crippen molar-refractivity contribution in [3.8, 4) is 0 Å². The summed E-state index contributed by atoms with van der Waals surface area (Å²) < 4.78 is 0. The number of rotatable bonds is 5. The van der Waals surface area contributed by atoms with Gasteiger partial charge in [-0.15, -0.1) is 9.98 Å². The molecule has 2 N–H and O–H groups in total. The maximum atomic E-state index is 4.54. The minimum atomic E-state index is 0.258. The van der Waals surface area contributed by atoms with Crippen LogP contribution in [0.4, 0.5) is 0 Å². The molecule has 0 fully saturated rings. The van der Waals surface area contributed by atoms with E-state index in [1.54, 1.807) is 0 Å². The third-order valence-corrected chi connectivity index (χ3v) is 0.609. The van der Waals surface area contributed by atoms with Crippen LogP contribution in [0.15, 0.2) is 0 Å². The zero-order chi connectivity index (χ0) is 7.98. The largest absolute Gasteiger partial charge is 0.165 e. The van der Waals surface area contributed by atoms with E-state index in [0.717, 1.165) is 0 Å². The maximum Gasteiger partial charge on any atom is 0.0296 e. The van der Waals surface area contributed by atoms with Crippen molar-refractivity contribution in [3.05, 3.63) is 0 Å². The lowest BCUT2D eigenvalue weighted by molar-refractivity contribution is -0.381. The van der Waals surface area contributed by atoms with Gasteiger partial charge in [0.15, 0.2) is 0 Å². The fraction of sp³-hybridized carbons (Fsp3) is 1.00. The van der Waals surface area contributed by atoms with Crippen LogP contribution in [0, 0.1) is 0 Å². The average Bonchev–Trinajstić information content (AvgIpc) is 1.79. The molecular formula is C6H16N2O2. The van der Waals surface area contributed by atoms with Crippen LogP contribution in [0.25, 0.3) is 0 Å². The monoisotopic (exact) mass is 148 g/mol. The van der Waals surface area contributed by atoms with Crippen molar-refractivity contribution in [1.29, 1.82) is 0 Å². The summed E-state index contributed by atoms with van der Waals surface area (Å²) in [6, 6.07) is 0.517. The van der Waals surface area contributed by atoms with Crippen LogP contribution in [0.5, 0.6) is 0 Å². The quantitative estimate of drug-likeness (QED) is 0.343. The lowest BCUT2D eigenvalue weighted by Gasteiger charge is -2.09. The maximum absolute atomic E-state index is 4.54. The normalized spacial score (nSPS) is 11.4. The van der Waals surface area contributed by atoms with Crippen molar-refractivity contribution >= 4 is 0 Å². The first-order valence-electron chi connectivity index (χ1n) is 3.46. The predicted molar refractivity (Wildman–Crippen MR) is 38.7 cm³/mol. The summed E-state index contributed by atoms with van der Waals surface area (Å²) in [7, 11) is 0. The summed E-state index contributed by atoms with van der Waals surface area (Å²) in [5.41, 5.74) is 5.23. The van der Waals surface area contributed by atoms with E-state index in [4.69, 9.17) is 0 Å². The van der Waals surface area contributed by atoms with Crippen molar-refractivity contribution in [2.45, 2.75) is 39.8 Å². The SMILES string of the molecule is CC(C)NOONC(C)C. The molecule has 0 radical (unpaired) electrons. The summed E-state index contributed by atoms with van der Waals surface area (Å²) >= 11 is 0. The Morgan fingerprint density at radius 3 is 1.30 bits per heavy atom. The van der Waals surface area contributed by atoms with E-state index in [9.17, 15) is 0 Å². The summed E-state index contributed by atoms with van der Waals surface area (Å²) in [4.78, 5) is 9.09. The minimum Gasteiger partial charge on any atom is -0.165 e. The van der Waals surface area contributed by atoms with E-state index in [1.165, 1.54) is 0 Å². The van der Waals surface area contributed by atoms with Crippen molar-refractivity contribution in [2.24, 2.45) is 0 Å². The van der Waals surface area contributed by atoms with E-state index in [2.05, 4.69) is 20.9 Å². The summed E-state index contributed by atoms with van der Waals surface area (Å²) in [5, 5.41) is 0. The molecule has 0 aromatic rings. The number of hydrogen-bond donors (Lipinski definition) is 2. The zero-order valence-corrected chi connectivity index (χ0v) is 6.97. The summed E-state index contributed by atoms with van der Waals surface area (Å²) in [6.45, 7) is 7.83. The first-order valence-corrected chi connectivity index (χ1v) is 3.46. The van der Waals surface area contributed by atoms with Gasteiger partial charge in [-0.3, -0.25) is 0 Å². The minimum absolute atomic E-state index is 0.258. The van der Waals surface area contributed by atoms with Gasteiger partial charge >= 0.3 is 0 Å². The molecule has 0 atom stereocenters. The number of hydroxylamine groups is 2. The van der Waals surface area contributed by atoms with E-state index in [1.807, 2.05) is 27.7 Å². The molecule has 62 valence electrons. The van der Waals surface area contributed by atoms with E-state index in [0.29, 0.717) is 0 Å². The summed E-state index contributed by atoms with van der Waals surface area (Å²) in [6.07, 6.45) is 0. The van der Waals surface area contributed by atoms with Crippen molar-refractivity contribution in [1.82, 2.24) is 11.0 Å². The zero-order valence-electron chi connectivity index (χ0n) is 6.97. The van der Waals surface area contributed by atoms with Gasteiger partial charge in [0, 0.05) is 12.1 Å². The molecule has 10 heavy (non-hydrogen) atoms. The average molecular weight is 148 g/mol. The summed E-state index contributed by atoms with van der Waals surface area (Å²) in [5.74, 6) is 0. The van der Waals surface area contributed by atoms with Crippen molar-refractivity contribution in [2.75, 3.05) is 0 Å². The Kier molecular flexibility index (Phi) is 5.52. The van der Waals surface area contributed by atoms with Gasteiger partial charge < -0.3 is 0 Å². The molecule has 0 bridgehead atoms. The van der Waals surface area contributed by atoms with Gasteiger partial charge in [0.05, 0.1) is 0 Å². The Morgan fingerprint density at radius 1 is 0.800 bits per heavy atom. The van der Waals surface area contributed by atoms with Gasteiger partial charge in [-0.25, -0.2) is 0 Å². The fourth-order valence-electron chi connectivity index (χ4n) is 0.241. The lowest BCUT2D eigenvalue weighted by Crippen LogP contribution is -2.30. The molecule has 0 rings (SSSR count). The molecule has 0 aliphatic carbocycles. The smallest absolute Gasteiger partial charge is 0.0296 e. The molecule has 0 saturated carbocycles. The highest BCUT2D eigenvalue weighted by molar-refractivity contribution is 4.38. The Bertz CT molecular complexity index is 66.1. The van der Waals surface area contributed by atoms with Gasteiger partial charge in [0.1, 0.15) is 0 Å².